The summed E-state index contributed by atoms with van der Waals surface area (Å²) in [4.78, 5) is 8.63. The number of benzene rings is 2. The number of aryl methyl sites for hydroxylation is 1. The third kappa shape index (κ3) is 3.34. The molecule has 1 heterocycles. The zero-order chi connectivity index (χ0) is 18.4. The lowest BCUT2D eigenvalue weighted by molar-refractivity contribution is 0.445. The molecule has 0 unspecified atom stereocenters. The minimum absolute atomic E-state index is 0.107. The molecule has 3 aromatic rings. The van der Waals surface area contributed by atoms with Crippen LogP contribution in [0.2, 0.25) is 5.02 Å². The van der Waals surface area contributed by atoms with Crippen LogP contribution in [0.25, 0.3) is 11.0 Å². The van der Waals surface area contributed by atoms with Gasteiger partial charge in [0.15, 0.2) is 11.6 Å². The Bertz CT molecular complexity index is 1040. The number of hydrogen-bond donors (Lipinski definition) is 1. The monoisotopic (exact) mass is 384 g/mol. The zero-order valence-corrected chi connectivity index (χ0v) is 15.3. The number of thiol groups is 1. The van der Waals surface area contributed by atoms with Crippen LogP contribution in [0.1, 0.15) is 5.69 Å². The first-order valence-electron chi connectivity index (χ1n) is 7.32. The van der Waals surface area contributed by atoms with Crippen molar-refractivity contribution >= 4 is 32.6 Å². The first-order valence-corrected chi connectivity index (χ1v) is 10.3. The van der Waals surface area contributed by atoms with Gasteiger partial charge >= 0.3 is 0 Å². The van der Waals surface area contributed by atoms with Gasteiger partial charge in [0.05, 0.1) is 15.4 Å². The Morgan fingerprint density at radius 1 is 1.12 bits per heavy atom. The van der Waals surface area contributed by atoms with Crippen molar-refractivity contribution in [1.82, 2.24) is 9.97 Å². The molecular formula is C17H15ClF2N2O2S. The molecule has 0 aliphatic carbocycles. The smallest absolute Gasteiger partial charge is 0.241 e. The SMILES string of the molecule is Cc1nc2c(F)c(F)ccc2nc1Oc1cccc(Cl)c1[SH](C)(C)=O. The number of ether oxygens (including phenoxy) is 1. The van der Waals surface area contributed by atoms with Crippen molar-refractivity contribution in [2.45, 2.75) is 11.8 Å². The van der Waals surface area contributed by atoms with E-state index in [9.17, 15) is 13.0 Å². The van der Waals surface area contributed by atoms with E-state index in [0.29, 0.717) is 15.7 Å². The minimum atomic E-state index is -2.72. The van der Waals surface area contributed by atoms with Gasteiger partial charge in [-0.1, -0.05) is 27.6 Å². The van der Waals surface area contributed by atoms with E-state index in [1.807, 2.05) is 0 Å². The molecule has 0 bridgehead atoms. The topological polar surface area (TPSA) is 52.1 Å². The van der Waals surface area contributed by atoms with E-state index in [4.69, 9.17) is 16.3 Å². The van der Waals surface area contributed by atoms with Gasteiger partial charge in [-0.15, -0.1) is 0 Å². The Labute approximate surface area is 149 Å². The van der Waals surface area contributed by atoms with E-state index in [1.54, 1.807) is 37.6 Å². The molecule has 0 N–H and O–H groups in total. The number of fused-ring (bicyclic) bond motifs is 1. The second-order valence-electron chi connectivity index (χ2n) is 5.88. The molecule has 0 saturated heterocycles. The molecule has 0 fully saturated rings. The van der Waals surface area contributed by atoms with Gasteiger partial charge in [-0.2, -0.15) is 0 Å². The summed E-state index contributed by atoms with van der Waals surface area (Å²) in [5, 5.41) is 0.324. The van der Waals surface area contributed by atoms with Crippen LogP contribution in [-0.4, -0.2) is 26.7 Å². The van der Waals surface area contributed by atoms with Crippen LogP contribution in [-0.2, 0) is 9.93 Å². The summed E-state index contributed by atoms with van der Waals surface area (Å²) in [5.74, 6) is -1.66. The van der Waals surface area contributed by atoms with Gasteiger partial charge in [0, 0.05) is 0 Å². The van der Waals surface area contributed by atoms with E-state index in [2.05, 4.69) is 9.97 Å². The molecule has 8 heteroatoms. The highest BCUT2D eigenvalue weighted by Crippen LogP contribution is 2.36. The molecule has 3 rings (SSSR count). The molecule has 25 heavy (non-hydrogen) atoms. The predicted molar refractivity (Wildman–Crippen MR) is 95.4 cm³/mol. The molecule has 0 radical (unpaired) electrons. The summed E-state index contributed by atoms with van der Waals surface area (Å²) in [6.07, 6.45) is 3.16. The average molecular weight is 385 g/mol. The Balaban J connectivity index is 2.14. The Morgan fingerprint density at radius 3 is 2.52 bits per heavy atom. The molecule has 132 valence electrons. The fourth-order valence-electron chi connectivity index (χ4n) is 2.43. The number of halogens is 3. The quantitative estimate of drug-likeness (QED) is 0.684. The zero-order valence-electron chi connectivity index (χ0n) is 13.7. The highest BCUT2D eigenvalue weighted by atomic mass is 35.5. The van der Waals surface area contributed by atoms with Crippen molar-refractivity contribution in [1.29, 1.82) is 0 Å². The normalized spacial score (nSPS) is 12.4. The van der Waals surface area contributed by atoms with Gasteiger partial charge in [0.2, 0.25) is 5.88 Å². The maximum absolute atomic E-state index is 13.8. The minimum Gasteiger partial charge on any atom is -0.436 e. The summed E-state index contributed by atoms with van der Waals surface area (Å²) in [7, 11) is -2.72. The van der Waals surface area contributed by atoms with Gasteiger partial charge in [0.1, 0.15) is 17.0 Å². The Kier molecular flexibility index (Phi) is 4.47. The first kappa shape index (κ1) is 17.7. The van der Waals surface area contributed by atoms with Crippen molar-refractivity contribution in [3.8, 4) is 11.6 Å². The average Bonchev–Trinajstić information content (AvgIpc) is 2.51. The second kappa shape index (κ2) is 6.31. The molecule has 2 aromatic carbocycles. The lowest BCUT2D eigenvalue weighted by Gasteiger charge is -2.19. The highest BCUT2D eigenvalue weighted by molar-refractivity contribution is 8.02. The van der Waals surface area contributed by atoms with Gasteiger partial charge < -0.3 is 4.74 Å². The third-order valence-corrected chi connectivity index (χ3v) is 5.54. The largest absolute Gasteiger partial charge is 0.436 e. The molecule has 0 amide bonds. The Morgan fingerprint density at radius 2 is 1.84 bits per heavy atom. The predicted octanol–water partition coefficient (Wildman–Crippen LogP) is 4.30. The van der Waals surface area contributed by atoms with Gasteiger partial charge in [0.25, 0.3) is 0 Å². The van der Waals surface area contributed by atoms with Crippen LogP contribution in [0.5, 0.6) is 11.6 Å². The molecule has 4 nitrogen and oxygen atoms in total. The molecule has 0 saturated carbocycles. The standard InChI is InChI=1S/C17H15ClF2N2O2S/c1-9-17(22-12-8-7-11(19)14(20)15(12)21-9)24-13-6-4-5-10(18)16(13)25(2,3)23/h4-8,25H,1-3H3. The molecule has 0 aliphatic rings. The van der Waals surface area contributed by atoms with Crippen molar-refractivity contribution in [2.24, 2.45) is 0 Å². The van der Waals surface area contributed by atoms with Crippen molar-refractivity contribution < 1.29 is 17.7 Å². The van der Waals surface area contributed by atoms with Crippen LogP contribution < -0.4 is 4.74 Å². The first-order chi connectivity index (χ1) is 11.7. The summed E-state index contributed by atoms with van der Waals surface area (Å²) in [6, 6.07) is 7.20. The number of nitrogens with zero attached hydrogens (tertiary/aromatic N) is 2. The molecule has 0 atom stereocenters. The lowest BCUT2D eigenvalue weighted by Crippen LogP contribution is -2.09. The summed E-state index contributed by atoms with van der Waals surface area (Å²) < 4.78 is 45.5. The van der Waals surface area contributed by atoms with Crippen LogP contribution in [0, 0.1) is 18.6 Å². The molecule has 0 spiro atoms. The summed E-state index contributed by atoms with van der Waals surface area (Å²) in [5.41, 5.74) is 0.247. The number of aromatic nitrogens is 2. The van der Waals surface area contributed by atoms with E-state index in [0.717, 1.165) is 6.07 Å². The Hall–Kier alpha value is -2.12. The van der Waals surface area contributed by atoms with Gasteiger partial charge in [-0.25, -0.2) is 18.7 Å². The van der Waals surface area contributed by atoms with Crippen LogP contribution in [0.15, 0.2) is 35.2 Å². The molecule has 0 aliphatic heterocycles. The maximum Gasteiger partial charge on any atom is 0.241 e. The summed E-state index contributed by atoms with van der Waals surface area (Å²) >= 11 is 6.17. The lowest BCUT2D eigenvalue weighted by atomic mass is 10.2. The van der Waals surface area contributed by atoms with E-state index in [-0.39, 0.29) is 22.6 Å². The second-order valence-corrected chi connectivity index (χ2v) is 9.44. The van der Waals surface area contributed by atoms with Crippen LogP contribution in [0.3, 0.4) is 0 Å². The van der Waals surface area contributed by atoms with Crippen LogP contribution >= 0.6 is 11.6 Å². The maximum atomic E-state index is 13.8. The molecule has 1 aromatic heterocycles. The van der Waals surface area contributed by atoms with Crippen molar-refractivity contribution in [3.05, 3.63) is 52.7 Å². The van der Waals surface area contributed by atoms with E-state index in [1.165, 1.54) is 6.07 Å². The van der Waals surface area contributed by atoms with E-state index >= 15 is 0 Å². The molecular weight excluding hydrogens is 370 g/mol. The fourth-order valence-corrected chi connectivity index (χ4v) is 4.45. The number of hydrogen-bond acceptors (Lipinski definition) is 4. The summed E-state index contributed by atoms with van der Waals surface area (Å²) in [6.45, 7) is 1.56. The highest BCUT2D eigenvalue weighted by Gasteiger charge is 2.19. The number of rotatable bonds is 3. The van der Waals surface area contributed by atoms with Crippen molar-refractivity contribution in [2.75, 3.05) is 12.5 Å². The van der Waals surface area contributed by atoms with Crippen LogP contribution in [0.4, 0.5) is 8.78 Å². The van der Waals surface area contributed by atoms with Crippen molar-refractivity contribution in [3.63, 3.8) is 0 Å². The van der Waals surface area contributed by atoms with Gasteiger partial charge in [-0.3, -0.25) is 4.21 Å². The fraction of sp³-hybridized carbons (Fsp3) is 0.176. The van der Waals surface area contributed by atoms with Gasteiger partial charge in [-0.05, 0) is 43.7 Å². The third-order valence-electron chi connectivity index (χ3n) is 3.55. The van der Waals surface area contributed by atoms with E-state index < -0.39 is 21.6 Å².